The first-order chi connectivity index (χ1) is 7.97. The van der Waals surface area contributed by atoms with Gasteiger partial charge in [-0.25, -0.2) is 13.1 Å². The third-order valence-corrected chi connectivity index (χ3v) is 4.88. The maximum atomic E-state index is 12.1. The summed E-state index contributed by atoms with van der Waals surface area (Å²) in [6.07, 6.45) is 2.27. The third kappa shape index (κ3) is 2.63. The van der Waals surface area contributed by atoms with Gasteiger partial charge in [-0.05, 0) is 37.5 Å². The molecular weight excluding hydrogens is 262 g/mol. The molecule has 1 aliphatic rings. The number of rotatable bonds is 4. The molecule has 2 rings (SSSR count). The second-order valence-electron chi connectivity index (χ2n) is 4.35. The molecule has 0 spiro atoms. The Kier molecular flexibility index (Phi) is 3.45. The molecule has 0 radical (unpaired) electrons. The molecular formula is C11H14ClNO3S. The van der Waals surface area contributed by atoms with Gasteiger partial charge in [0.25, 0.3) is 0 Å². The van der Waals surface area contributed by atoms with Crippen LogP contribution in [0.15, 0.2) is 29.2 Å². The molecule has 17 heavy (non-hydrogen) atoms. The molecule has 1 saturated carbocycles. The van der Waals surface area contributed by atoms with Crippen molar-refractivity contribution >= 4 is 21.6 Å². The van der Waals surface area contributed by atoms with Gasteiger partial charge in [0.2, 0.25) is 10.0 Å². The minimum Gasteiger partial charge on any atom is -0.394 e. The van der Waals surface area contributed by atoms with Crippen LogP contribution in [0.3, 0.4) is 0 Å². The molecule has 0 unspecified atom stereocenters. The lowest BCUT2D eigenvalue weighted by molar-refractivity contribution is 0.110. The summed E-state index contributed by atoms with van der Waals surface area (Å²) in [5.41, 5.74) is -0.679. The monoisotopic (exact) mass is 275 g/mol. The van der Waals surface area contributed by atoms with Crippen LogP contribution in [-0.2, 0) is 10.0 Å². The Labute approximate surface area is 106 Å². The molecule has 1 aromatic rings. The maximum Gasteiger partial charge on any atom is 0.241 e. The first kappa shape index (κ1) is 12.8. The Bertz CT molecular complexity index is 506. The quantitative estimate of drug-likeness (QED) is 0.876. The molecule has 0 aromatic heterocycles. The Morgan fingerprint density at radius 1 is 1.41 bits per heavy atom. The van der Waals surface area contributed by atoms with Crippen molar-refractivity contribution in [2.75, 3.05) is 6.61 Å². The smallest absolute Gasteiger partial charge is 0.241 e. The van der Waals surface area contributed by atoms with Crippen LogP contribution in [0.4, 0.5) is 0 Å². The van der Waals surface area contributed by atoms with E-state index in [-0.39, 0.29) is 11.5 Å². The van der Waals surface area contributed by atoms with Crippen molar-refractivity contribution in [3.05, 3.63) is 29.3 Å². The first-order valence-electron chi connectivity index (χ1n) is 5.38. The van der Waals surface area contributed by atoms with Gasteiger partial charge in [-0.15, -0.1) is 0 Å². The predicted octanol–water partition coefficient (Wildman–Crippen LogP) is 1.53. The van der Waals surface area contributed by atoms with Gasteiger partial charge in [0.05, 0.1) is 17.0 Å². The number of hydrogen-bond acceptors (Lipinski definition) is 3. The van der Waals surface area contributed by atoms with E-state index in [9.17, 15) is 13.5 Å². The summed E-state index contributed by atoms with van der Waals surface area (Å²) < 4.78 is 26.7. The highest BCUT2D eigenvalue weighted by atomic mass is 35.5. The molecule has 0 heterocycles. The summed E-state index contributed by atoms with van der Waals surface area (Å²) in [6, 6.07) is 6.08. The fourth-order valence-electron chi connectivity index (χ4n) is 1.87. The van der Waals surface area contributed by atoms with Crippen molar-refractivity contribution in [3.8, 4) is 0 Å². The van der Waals surface area contributed by atoms with Crippen molar-refractivity contribution in [2.24, 2.45) is 0 Å². The average Bonchev–Trinajstić information content (AvgIpc) is 2.24. The van der Waals surface area contributed by atoms with Crippen molar-refractivity contribution in [3.63, 3.8) is 0 Å². The maximum absolute atomic E-state index is 12.1. The van der Waals surface area contributed by atoms with Gasteiger partial charge >= 0.3 is 0 Å². The molecule has 0 atom stereocenters. The Balaban J connectivity index is 2.25. The van der Waals surface area contributed by atoms with E-state index in [0.717, 1.165) is 6.42 Å². The van der Waals surface area contributed by atoms with Crippen molar-refractivity contribution in [1.29, 1.82) is 0 Å². The van der Waals surface area contributed by atoms with Crippen LogP contribution in [0, 0.1) is 0 Å². The summed E-state index contributed by atoms with van der Waals surface area (Å²) in [4.78, 5) is 0.129. The molecule has 0 saturated heterocycles. The Morgan fingerprint density at radius 2 is 2.12 bits per heavy atom. The zero-order chi connectivity index (χ0) is 12.5. The number of sulfonamides is 1. The summed E-state index contributed by atoms with van der Waals surface area (Å²) >= 11 is 5.76. The lowest BCUT2D eigenvalue weighted by Gasteiger charge is -2.40. The second-order valence-corrected chi connectivity index (χ2v) is 6.47. The SMILES string of the molecule is O=S(=O)(NC1(CO)CCC1)c1cccc(Cl)c1. The largest absolute Gasteiger partial charge is 0.394 e. The standard InChI is InChI=1S/C11H14ClNO3S/c12-9-3-1-4-10(7-9)17(15,16)13-11(8-14)5-2-6-11/h1,3-4,7,13-14H,2,5-6,8H2. The minimum atomic E-state index is -3.61. The predicted molar refractivity (Wildman–Crippen MR) is 65.4 cm³/mol. The summed E-state index contributed by atoms with van der Waals surface area (Å²) in [7, 11) is -3.61. The fraction of sp³-hybridized carbons (Fsp3) is 0.455. The Morgan fingerprint density at radius 3 is 2.59 bits per heavy atom. The van der Waals surface area contributed by atoms with E-state index in [4.69, 9.17) is 11.6 Å². The molecule has 1 aromatic carbocycles. The van der Waals surface area contributed by atoms with Crippen LogP contribution >= 0.6 is 11.6 Å². The van der Waals surface area contributed by atoms with E-state index in [0.29, 0.717) is 17.9 Å². The van der Waals surface area contributed by atoms with Crippen LogP contribution < -0.4 is 4.72 Å². The van der Waals surface area contributed by atoms with Gasteiger partial charge in [0, 0.05) is 5.02 Å². The van der Waals surface area contributed by atoms with E-state index in [2.05, 4.69) is 4.72 Å². The zero-order valence-electron chi connectivity index (χ0n) is 9.19. The molecule has 6 heteroatoms. The lowest BCUT2D eigenvalue weighted by atomic mass is 9.78. The number of benzene rings is 1. The van der Waals surface area contributed by atoms with E-state index in [1.54, 1.807) is 12.1 Å². The molecule has 0 amide bonds. The lowest BCUT2D eigenvalue weighted by Crippen LogP contribution is -2.55. The molecule has 0 aliphatic heterocycles. The van der Waals surface area contributed by atoms with E-state index < -0.39 is 15.6 Å². The molecule has 0 bridgehead atoms. The second kappa shape index (κ2) is 4.57. The van der Waals surface area contributed by atoms with Crippen LogP contribution in [0.25, 0.3) is 0 Å². The van der Waals surface area contributed by atoms with Gasteiger partial charge < -0.3 is 5.11 Å². The number of nitrogens with one attached hydrogen (secondary N) is 1. The minimum absolute atomic E-state index is 0.129. The topological polar surface area (TPSA) is 66.4 Å². The van der Waals surface area contributed by atoms with Crippen LogP contribution in [0.1, 0.15) is 19.3 Å². The fourth-order valence-corrected chi connectivity index (χ4v) is 3.63. The molecule has 94 valence electrons. The van der Waals surface area contributed by atoms with E-state index in [1.165, 1.54) is 12.1 Å². The number of aliphatic hydroxyl groups excluding tert-OH is 1. The molecule has 4 nitrogen and oxygen atoms in total. The highest BCUT2D eigenvalue weighted by Gasteiger charge is 2.40. The van der Waals surface area contributed by atoms with Gasteiger partial charge in [0.1, 0.15) is 0 Å². The van der Waals surface area contributed by atoms with Gasteiger partial charge in [-0.1, -0.05) is 17.7 Å². The van der Waals surface area contributed by atoms with Gasteiger partial charge in [-0.3, -0.25) is 0 Å². The summed E-state index contributed by atoms with van der Waals surface area (Å²) in [5, 5.41) is 9.62. The number of halogens is 1. The van der Waals surface area contributed by atoms with E-state index >= 15 is 0 Å². The molecule has 1 fully saturated rings. The van der Waals surface area contributed by atoms with Crippen molar-refractivity contribution < 1.29 is 13.5 Å². The zero-order valence-corrected chi connectivity index (χ0v) is 10.8. The third-order valence-electron chi connectivity index (χ3n) is 3.07. The Hall–Kier alpha value is -0.620. The van der Waals surface area contributed by atoms with Crippen LogP contribution in [-0.4, -0.2) is 25.7 Å². The van der Waals surface area contributed by atoms with Gasteiger partial charge in [0.15, 0.2) is 0 Å². The highest BCUT2D eigenvalue weighted by molar-refractivity contribution is 7.89. The van der Waals surface area contributed by atoms with Crippen molar-refractivity contribution in [2.45, 2.75) is 29.7 Å². The summed E-state index contributed by atoms with van der Waals surface area (Å²) in [5.74, 6) is 0. The molecule has 1 aliphatic carbocycles. The van der Waals surface area contributed by atoms with Gasteiger partial charge in [-0.2, -0.15) is 0 Å². The van der Waals surface area contributed by atoms with Crippen molar-refractivity contribution in [1.82, 2.24) is 4.72 Å². The first-order valence-corrected chi connectivity index (χ1v) is 7.24. The highest BCUT2D eigenvalue weighted by Crippen LogP contribution is 2.33. The van der Waals surface area contributed by atoms with E-state index in [1.807, 2.05) is 0 Å². The summed E-state index contributed by atoms with van der Waals surface area (Å²) in [6.45, 7) is -0.174. The van der Waals surface area contributed by atoms with Crippen LogP contribution in [0.2, 0.25) is 5.02 Å². The normalized spacial score (nSPS) is 18.7. The molecule has 2 N–H and O–H groups in total. The van der Waals surface area contributed by atoms with Crippen LogP contribution in [0.5, 0.6) is 0 Å². The number of hydrogen-bond donors (Lipinski definition) is 2. The average molecular weight is 276 g/mol. The number of aliphatic hydroxyl groups is 1.